The molecule has 0 bridgehead atoms. The molecule has 0 radical (unpaired) electrons. The van der Waals surface area contributed by atoms with Crippen molar-refractivity contribution in [2.75, 3.05) is 20.1 Å². The third kappa shape index (κ3) is 6.33. The first-order chi connectivity index (χ1) is 14.1. The second-order valence-corrected chi connectivity index (χ2v) is 9.56. The van der Waals surface area contributed by atoms with Crippen LogP contribution >= 0.6 is 0 Å². The standard InChI is InChI=1S/C21H29N3O5S/c1-16(2)14-23(30(28,29)19-11-9-18(10-12-19)24(26)27)15-21(25)20(22-3)13-17-7-5-4-6-8-17/h4-12,16,20-22,25H,13-15H2,1-3H3. The van der Waals surface area contributed by atoms with Gasteiger partial charge < -0.3 is 10.4 Å². The zero-order valence-corrected chi connectivity index (χ0v) is 18.2. The van der Waals surface area contributed by atoms with Crippen LogP contribution in [0.1, 0.15) is 19.4 Å². The number of non-ortho nitro benzene ring substituents is 1. The summed E-state index contributed by atoms with van der Waals surface area (Å²) < 4.78 is 27.6. The molecule has 0 aliphatic carbocycles. The Morgan fingerprint density at radius 3 is 2.17 bits per heavy atom. The van der Waals surface area contributed by atoms with Crippen molar-refractivity contribution in [3.05, 3.63) is 70.3 Å². The van der Waals surface area contributed by atoms with E-state index in [0.29, 0.717) is 6.42 Å². The minimum Gasteiger partial charge on any atom is -0.390 e. The highest BCUT2D eigenvalue weighted by Crippen LogP contribution is 2.21. The Kier molecular flexibility index (Phi) is 8.48. The molecule has 9 heteroatoms. The molecule has 0 aliphatic rings. The molecule has 0 spiro atoms. The van der Waals surface area contributed by atoms with Crippen LogP contribution in [-0.2, 0) is 16.4 Å². The van der Waals surface area contributed by atoms with Gasteiger partial charge >= 0.3 is 0 Å². The quantitative estimate of drug-likeness (QED) is 0.414. The van der Waals surface area contributed by atoms with E-state index in [-0.39, 0.29) is 35.6 Å². The van der Waals surface area contributed by atoms with Gasteiger partial charge in [0.25, 0.3) is 5.69 Å². The Morgan fingerprint density at radius 2 is 1.67 bits per heavy atom. The Balaban J connectivity index is 2.23. The van der Waals surface area contributed by atoms with Crippen molar-refractivity contribution < 1.29 is 18.4 Å². The summed E-state index contributed by atoms with van der Waals surface area (Å²) in [6.45, 7) is 3.92. The number of aliphatic hydroxyl groups is 1. The molecule has 2 aromatic rings. The number of nitrogens with one attached hydrogen (secondary N) is 1. The molecule has 0 amide bonds. The fourth-order valence-electron chi connectivity index (χ4n) is 3.20. The highest BCUT2D eigenvalue weighted by atomic mass is 32.2. The molecule has 0 saturated carbocycles. The van der Waals surface area contributed by atoms with Crippen molar-refractivity contribution in [2.45, 2.75) is 37.3 Å². The zero-order chi connectivity index (χ0) is 22.3. The summed E-state index contributed by atoms with van der Waals surface area (Å²) in [6.07, 6.45) is -0.396. The van der Waals surface area contributed by atoms with E-state index in [1.165, 1.54) is 28.6 Å². The van der Waals surface area contributed by atoms with Gasteiger partial charge in [-0.3, -0.25) is 10.1 Å². The molecule has 2 aromatic carbocycles. The largest absolute Gasteiger partial charge is 0.390 e. The average Bonchev–Trinajstić information content (AvgIpc) is 2.71. The molecular formula is C21H29N3O5S. The topological polar surface area (TPSA) is 113 Å². The number of likely N-dealkylation sites (N-methyl/N-ethyl adjacent to an activating group) is 1. The van der Waals surface area contributed by atoms with Crippen molar-refractivity contribution >= 4 is 15.7 Å². The highest BCUT2D eigenvalue weighted by molar-refractivity contribution is 7.89. The molecule has 8 nitrogen and oxygen atoms in total. The van der Waals surface area contributed by atoms with Crippen LogP contribution in [0.15, 0.2) is 59.5 Å². The third-order valence-corrected chi connectivity index (χ3v) is 6.62. The van der Waals surface area contributed by atoms with Crippen LogP contribution in [0.25, 0.3) is 0 Å². The van der Waals surface area contributed by atoms with Gasteiger partial charge in [0.05, 0.1) is 15.9 Å². The van der Waals surface area contributed by atoms with Gasteiger partial charge in [-0.25, -0.2) is 8.42 Å². The van der Waals surface area contributed by atoms with Crippen LogP contribution in [0.2, 0.25) is 0 Å². The number of nitrogens with zero attached hydrogens (tertiary/aromatic N) is 2. The maximum Gasteiger partial charge on any atom is 0.269 e. The van der Waals surface area contributed by atoms with Crippen LogP contribution in [-0.4, -0.2) is 55.0 Å². The lowest BCUT2D eigenvalue weighted by Gasteiger charge is -2.30. The summed E-state index contributed by atoms with van der Waals surface area (Å²) in [6, 6.07) is 14.1. The predicted octanol–water partition coefficient (Wildman–Crippen LogP) is 2.43. The summed E-state index contributed by atoms with van der Waals surface area (Å²) >= 11 is 0. The first kappa shape index (κ1) is 23.9. The van der Waals surface area contributed by atoms with E-state index in [2.05, 4.69) is 5.32 Å². The van der Waals surface area contributed by atoms with E-state index < -0.39 is 21.1 Å². The van der Waals surface area contributed by atoms with Crippen molar-refractivity contribution in [1.82, 2.24) is 9.62 Å². The highest BCUT2D eigenvalue weighted by Gasteiger charge is 2.30. The van der Waals surface area contributed by atoms with E-state index in [4.69, 9.17) is 0 Å². The fraction of sp³-hybridized carbons (Fsp3) is 0.429. The second kappa shape index (κ2) is 10.6. The molecule has 0 saturated heterocycles. The minimum absolute atomic E-state index is 0.0344. The second-order valence-electron chi connectivity index (χ2n) is 7.62. The van der Waals surface area contributed by atoms with Gasteiger partial charge in [0.1, 0.15) is 0 Å². The SMILES string of the molecule is CNC(Cc1ccccc1)C(O)CN(CC(C)C)S(=O)(=O)c1ccc([N+](=O)[O-])cc1. The molecule has 2 rings (SSSR count). The first-order valence-corrected chi connectivity index (χ1v) is 11.2. The lowest BCUT2D eigenvalue weighted by atomic mass is 10.0. The van der Waals surface area contributed by atoms with Crippen LogP contribution in [0.4, 0.5) is 5.69 Å². The van der Waals surface area contributed by atoms with Gasteiger partial charge in [0.2, 0.25) is 10.0 Å². The smallest absolute Gasteiger partial charge is 0.269 e. The summed E-state index contributed by atoms with van der Waals surface area (Å²) in [5.74, 6) is 0.0344. The number of benzene rings is 2. The Hall–Kier alpha value is -2.33. The molecule has 2 atom stereocenters. The lowest BCUT2D eigenvalue weighted by molar-refractivity contribution is -0.384. The summed E-state index contributed by atoms with van der Waals surface area (Å²) in [4.78, 5) is 10.2. The third-order valence-electron chi connectivity index (χ3n) is 4.78. The van der Waals surface area contributed by atoms with E-state index >= 15 is 0 Å². The maximum absolute atomic E-state index is 13.2. The summed E-state index contributed by atoms with van der Waals surface area (Å²) in [5, 5.41) is 24.7. The van der Waals surface area contributed by atoms with Gasteiger partial charge in [0.15, 0.2) is 0 Å². The molecule has 0 fully saturated rings. The van der Waals surface area contributed by atoms with Gasteiger partial charge in [-0.1, -0.05) is 44.2 Å². The van der Waals surface area contributed by atoms with Crippen LogP contribution in [0, 0.1) is 16.0 Å². The van der Waals surface area contributed by atoms with Gasteiger partial charge in [-0.15, -0.1) is 0 Å². The number of hydrogen-bond donors (Lipinski definition) is 2. The summed E-state index contributed by atoms with van der Waals surface area (Å²) in [5.41, 5.74) is 0.854. The molecule has 30 heavy (non-hydrogen) atoms. The number of sulfonamides is 1. The lowest BCUT2D eigenvalue weighted by Crippen LogP contribution is -2.48. The minimum atomic E-state index is -3.93. The van der Waals surface area contributed by atoms with Crippen LogP contribution in [0.3, 0.4) is 0 Å². The first-order valence-electron chi connectivity index (χ1n) is 9.79. The van der Waals surface area contributed by atoms with E-state index in [0.717, 1.165) is 5.56 Å². The monoisotopic (exact) mass is 435 g/mol. The normalized spacial score (nSPS) is 14.1. The number of nitro benzene ring substituents is 1. The molecule has 2 N–H and O–H groups in total. The van der Waals surface area contributed by atoms with Crippen molar-refractivity contribution in [3.63, 3.8) is 0 Å². The van der Waals surface area contributed by atoms with Crippen molar-refractivity contribution in [2.24, 2.45) is 5.92 Å². The van der Waals surface area contributed by atoms with E-state index in [1.807, 2.05) is 44.2 Å². The van der Waals surface area contributed by atoms with E-state index in [9.17, 15) is 23.6 Å². The molecule has 2 unspecified atom stereocenters. The van der Waals surface area contributed by atoms with Gasteiger partial charge in [-0.2, -0.15) is 4.31 Å². The zero-order valence-electron chi connectivity index (χ0n) is 17.4. The predicted molar refractivity (Wildman–Crippen MR) is 116 cm³/mol. The number of rotatable bonds is 11. The molecule has 0 heterocycles. The Labute approximate surface area is 177 Å². The Bertz CT molecular complexity index is 917. The maximum atomic E-state index is 13.2. The number of aliphatic hydroxyl groups excluding tert-OH is 1. The fourth-order valence-corrected chi connectivity index (χ4v) is 4.82. The molecule has 164 valence electrons. The average molecular weight is 436 g/mol. The Morgan fingerprint density at radius 1 is 1.07 bits per heavy atom. The van der Waals surface area contributed by atoms with Crippen molar-refractivity contribution in [1.29, 1.82) is 0 Å². The molecule has 0 aliphatic heterocycles. The number of hydrogen-bond acceptors (Lipinski definition) is 6. The molecule has 0 aromatic heterocycles. The molecular weight excluding hydrogens is 406 g/mol. The van der Waals surface area contributed by atoms with Gasteiger partial charge in [-0.05, 0) is 37.1 Å². The van der Waals surface area contributed by atoms with Crippen molar-refractivity contribution in [3.8, 4) is 0 Å². The van der Waals surface area contributed by atoms with Crippen LogP contribution < -0.4 is 5.32 Å². The summed E-state index contributed by atoms with van der Waals surface area (Å²) in [7, 11) is -2.19. The number of nitro groups is 1. The van der Waals surface area contributed by atoms with E-state index in [1.54, 1.807) is 7.05 Å². The van der Waals surface area contributed by atoms with Crippen LogP contribution in [0.5, 0.6) is 0 Å². The van der Waals surface area contributed by atoms with Gasteiger partial charge in [0, 0.05) is 31.3 Å².